The number of aromatic nitrogens is 3. The Morgan fingerprint density at radius 3 is 1.89 bits per heavy atom. The van der Waals surface area contributed by atoms with Crippen molar-refractivity contribution in [2.45, 2.75) is 99.3 Å². The molecule has 0 atom stereocenters. The number of aryl methyl sites for hydroxylation is 3. The number of hydrogen-bond acceptors (Lipinski definition) is 3. The van der Waals surface area contributed by atoms with Gasteiger partial charge in [-0.3, -0.25) is 9.55 Å². The average Bonchev–Trinajstić information content (AvgIpc) is 3.68. The van der Waals surface area contributed by atoms with Crippen molar-refractivity contribution in [1.29, 1.82) is 0 Å². The lowest BCUT2D eigenvalue weighted by Gasteiger charge is -2.26. The molecule has 0 spiro atoms. The van der Waals surface area contributed by atoms with E-state index >= 15 is 0 Å². The Morgan fingerprint density at radius 1 is 0.581 bits per heavy atom. The van der Waals surface area contributed by atoms with Crippen molar-refractivity contribution < 1.29 is 15.7 Å². The minimum absolute atomic E-state index is 0.101. The number of ether oxygens (including phenoxy) is 1. The summed E-state index contributed by atoms with van der Waals surface area (Å²) in [6, 6.07) is 30.3. The molecule has 0 bridgehead atoms. The van der Waals surface area contributed by atoms with Crippen molar-refractivity contribution in [2.24, 2.45) is 0 Å². The zero-order valence-corrected chi connectivity index (χ0v) is 38.1. The lowest BCUT2D eigenvalue weighted by Crippen LogP contribution is -2.16. The quantitative estimate of drug-likeness (QED) is 0.161. The van der Waals surface area contributed by atoms with Gasteiger partial charge in [-0.15, -0.1) is 0 Å². The predicted octanol–water partition coefficient (Wildman–Crippen LogP) is 15.6. The van der Waals surface area contributed by atoms with Crippen molar-refractivity contribution in [1.82, 2.24) is 14.5 Å². The van der Waals surface area contributed by atoms with Gasteiger partial charge in [0.15, 0.2) is 0 Å². The number of rotatable bonds is 7. The summed E-state index contributed by atoms with van der Waals surface area (Å²) < 4.78 is 77.6. The van der Waals surface area contributed by atoms with E-state index in [4.69, 9.17) is 25.7 Å². The van der Waals surface area contributed by atoms with Gasteiger partial charge in [-0.25, -0.2) is 4.98 Å². The minimum Gasteiger partial charge on any atom is -0.496 e. The molecule has 0 aliphatic heterocycles. The Morgan fingerprint density at radius 2 is 1.23 bits per heavy atom. The van der Waals surface area contributed by atoms with E-state index in [0.717, 1.165) is 44.5 Å². The standard InChI is InChI=1S/C58H61N3O/c1-36-26-38(3)54(62-13)49(27-36)55-60-53-48(43-29-44(33-45(32-43)56(4,5)6)50-34-41(24-25-59-50)39-18-15-14-16-19-39)20-17-21-52(53)61(55)51-23-22-40(28-37(51)2)42-30-46(57(7,8)9)35-47(31-42)58(10,11)12/h14-35H,1-13H3/i2D3,14D,15D,16D,18D,19D. The van der Waals surface area contributed by atoms with Crippen LogP contribution >= 0.6 is 0 Å². The fourth-order valence-corrected chi connectivity index (χ4v) is 8.22. The third-order valence-corrected chi connectivity index (χ3v) is 11.7. The number of hydrogen-bond donors (Lipinski definition) is 0. The second kappa shape index (κ2) is 15.9. The Labute approximate surface area is 381 Å². The van der Waals surface area contributed by atoms with Gasteiger partial charge in [0.05, 0.1) is 41.9 Å². The van der Waals surface area contributed by atoms with Crippen molar-refractivity contribution in [3.05, 3.63) is 167 Å². The summed E-state index contributed by atoms with van der Waals surface area (Å²) in [6.07, 6.45) is 1.60. The summed E-state index contributed by atoms with van der Waals surface area (Å²) in [4.78, 5) is 10.3. The topological polar surface area (TPSA) is 39.9 Å². The number of fused-ring (bicyclic) bond motifs is 1. The highest BCUT2D eigenvalue weighted by molar-refractivity contribution is 5.97. The minimum atomic E-state index is -2.52. The summed E-state index contributed by atoms with van der Waals surface area (Å²) in [5, 5.41) is 0. The van der Waals surface area contributed by atoms with Gasteiger partial charge in [0.2, 0.25) is 0 Å². The van der Waals surface area contributed by atoms with E-state index in [1.54, 1.807) is 25.4 Å². The molecule has 8 rings (SSSR count). The summed E-state index contributed by atoms with van der Waals surface area (Å²) in [7, 11) is 1.64. The van der Waals surface area contributed by atoms with Crippen LogP contribution in [0.5, 0.6) is 5.75 Å². The highest BCUT2D eigenvalue weighted by Crippen LogP contribution is 2.43. The van der Waals surface area contributed by atoms with E-state index in [-0.39, 0.29) is 39.5 Å². The number of methoxy groups -OCH3 is 1. The predicted molar refractivity (Wildman–Crippen MR) is 263 cm³/mol. The molecule has 0 aliphatic rings. The molecule has 62 heavy (non-hydrogen) atoms. The molecule has 2 heterocycles. The van der Waals surface area contributed by atoms with Crippen LogP contribution in [0.25, 0.3) is 72.7 Å². The van der Waals surface area contributed by atoms with Gasteiger partial charge < -0.3 is 4.74 Å². The maximum atomic E-state index is 9.10. The first-order chi connectivity index (χ1) is 32.6. The van der Waals surface area contributed by atoms with Crippen LogP contribution in [-0.4, -0.2) is 21.6 Å². The summed E-state index contributed by atoms with van der Waals surface area (Å²) in [6.45, 7) is 21.1. The first-order valence-electron chi connectivity index (χ1n) is 25.3. The first-order valence-corrected chi connectivity index (χ1v) is 21.3. The maximum absolute atomic E-state index is 9.10. The highest BCUT2D eigenvalue weighted by Gasteiger charge is 2.25. The van der Waals surface area contributed by atoms with Crippen LogP contribution in [0.1, 0.15) is 107 Å². The molecule has 8 aromatic rings. The fourth-order valence-electron chi connectivity index (χ4n) is 8.22. The average molecular weight is 824 g/mol. The molecule has 0 saturated heterocycles. The van der Waals surface area contributed by atoms with Crippen LogP contribution < -0.4 is 4.74 Å². The third kappa shape index (κ3) is 8.23. The molecule has 0 saturated carbocycles. The van der Waals surface area contributed by atoms with Crippen molar-refractivity contribution in [3.63, 3.8) is 0 Å². The summed E-state index contributed by atoms with van der Waals surface area (Å²) >= 11 is 0. The highest BCUT2D eigenvalue weighted by atomic mass is 16.5. The molecule has 4 heteroatoms. The SMILES string of the molecule is [2H]c1c([2H])c([2H])c(-c2ccnc(-c3cc(-c4cccc5c4nc(-c4cc(C)cc(C)c4OC)n5-c4ccc(-c5cc(C(C)(C)C)cc(C(C)(C)C)c5)cc4C([2H])([2H])[2H])cc(C(C)(C)C)c3)c2)c([2H])c1[2H]. The normalized spacial score (nSPS) is 14.3. The molecule has 0 radical (unpaired) electrons. The number of benzene rings is 6. The Bertz CT molecular complexity index is 3320. The number of pyridine rings is 1. The number of imidazole rings is 1. The first kappa shape index (κ1) is 33.4. The molecule has 314 valence electrons. The molecule has 2 aromatic heterocycles. The zero-order valence-electron chi connectivity index (χ0n) is 46.1. The molecule has 0 amide bonds. The Balaban J connectivity index is 1.41. The lowest BCUT2D eigenvalue weighted by atomic mass is 9.79. The molecule has 0 N–H and O–H groups in total. The van der Waals surface area contributed by atoms with Gasteiger partial charge in [-0.05, 0) is 147 Å². The molecular weight excluding hydrogens is 755 g/mol. The van der Waals surface area contributed by atoms with E-state index in [1.807, 2.05) is 66.9 Å². The maximum Gasteiger partial charge on any atom is 0.149 e. The van der Waals surface area contributed by atoms with Gasteiger partial charge in [0, 0.05) is 21.4 Å². The largest absolute Gasteiger partial charge is 0.496 e. The molecular formula is C58H61N3O. The van der Waals surface area contributed by atoms with E-state index in [9.17, 15) is 0 Å². The van der Waals surface area contributed by atoms with Crippen LogP contribution in [0.3, 0.4) is 0 Å². The third-order valence-electron chi connectivity index (χ3n) is 11.7. The van der Waals surface area contributed by atoms with Gasteiger partial charge in [0.1, 0.15) is 11.6 Å². The monoisotopic (exact) mass is 824 g/mol. The molecule has 6 aromatic carbocycles. The van der Waals surface area contributed by atoms with Gasteiger partial charge in [0.25, 0.3) is 0 Å². The Kier molecular flexibility index (Phi) is 8.55. The van der Waals surface area contributed by atoms with Crippen molar-refractivity contribution in [3.8, 4) is 67.5 Å². The molecule has 4 nitrogen and oxygen atoms in total. The van der Waals surface area contributed by atoms with Gasteiger partial charge in [-0.1, -0.05) is 141 Å². The van der Waals surface area contributed by atoms with E-state index in [0.29, 0.717) is 45.1 Å². The van der Waals surface area contributed by atoms with E-state index < -0.39 is 25.0 Å². The Hall–Kier alpha value is -6.26. The van der Waals surface area contributed by atoms with Crippen LogP contribution in [0.2, 0.25) is 0 Å². The van der Waals surface area contributed by atoms with Crippen molar-refractivity contribution in [2.75, 3.05) is 7.11 Å². The fraction of sp³-hybridized carbons (Fsp3) is 0.276. The molecule has 0 aliphatic carbocycles. The van der Waals surface area contributed by atoms with Gasteiger partial charge >= 0.3 is 0 Å². The zero-order chi connectivity index (χ0) is 51.2. The van der Waals surface area contributed by atoms with Gasteiger partial charge in [-0.2, -0.15) is 0 Å². The van der Waals surface area contributed by atoms with Crippen LogP contribution in [0.15, 0.2) is 133 Å². The number of para-hydroxylation sites is 1. The lowest BCUT2D eigenvalue weighted by molar-refractivity contribution is 0.413. The van der Waals surface area contributed by atoms with E-state index in [2.05, 4.69) is 98.7 Å². The van der Waals surface area contributed by atoms with Crippen LogP contribution in [-0.2, 0) is 16.2 Å². The summed E-state index contributed by atoms with van der Waals surface area (Å²) in [5.74, 6) is 1.15. The molecule has 0 unspecified atom stereocenters. The van der Waals surface area contributed by atoms with E-state index in [1.165, 1.54) is 11.1 Å². The smallest absolute Gasteiger partial charge is 0.149 e. The summed E-state index contributed by atoms with van der Waals surface area (Å²) in [5.41, 5.74) is 12.6. The number of nitrogens with zero attached hydrogens (tertiary/aromatic N) is 3. The van der Waals surface area contributed by atoms with Crippen molar-refractivity contribution >= 4 is 11.0 Å². The molecule has 0 fully saturated rings. The van der Waals surface area contributed by atoms with Crippen LogP contribution in [0.4, 0.5) is 0 Å². The van der Waals surface area contributed by atoms with Crippen LogP contribution in [0, 0.1) is 20.7 Å². The second-order valence-corrected chi connectivity index (χ2v) is 19.6. The second-order valence-electron chi connectivity index (χ2n) is 19.6.